The maximum atomic E-state index is 12.0. The van der Waals surface area contributed by atoms with E-state index in [9.17, 15) is 4.79 Å². The Kier molecular flexibility index (Phi) is 3.33. The molecule has 1 unspecified atom stereocenters. The smallest absolute Gasteiger partial charge is 0.325 e. The Morgan fingerprint density at radius 2 is 2.19 bits per heavy atom. The number of hydrogen-bond donors (Lipinski definition) is 0. The molecule has 0 radical (unpaired) electrons. The van der Waals surface area contributed by atoms with Crippen molar-refractivity contribution in [3.8, 4) is 11.5 Å². The van der Waals surface area contributed by atoms with Gasteiger partial charge in [-0.3, -0.25) is 9.69 Å². The summed E-state index contributed by atoms with van der Waals surface area (Å²) in [5.41, 5.74) is 3.15. The van der Waals surface area contributed by atoms with Gasteiger partial charge in [-0.25, -0.2) is 0 Å². The summed E-state index contributed by atoms with van der Waals surface area (Å²) < 4.78 is 5.69. The van der Waals surface area contributed by atoms with Crippen molar-refractivity contribution in [2.75, 3.05) is 11.4 Å². The summed E-state index contributed by atoms with van der Waals surface area (Å²) >= 11 is 0. The van der Waals surface area contributed by atoms with Crippen LogP contribution in [-0.2, 0) is 4.79 Å². The predicted molar refractivity (Wildman–Crippen MR) is 79.9 cm³/mol. The molecule has 2 aromatic rings. The van der Waals surface area contributed by atoms with E-state index < -0.39 is 0 Å². The SMILES string of the molecule is C=CC1CC(=O)N(c2nnc(-c3ccc(C)cc3C)o2)C1. The largest absolute Gasteiger partial charge is 0.403 e. The van der Waals surface area contributed by atoms with E-state index in [4.69, 9.17) is 4.42 Å². The Hall–Kier alpha value is -2.43. The van der Waals surface area contributed by atoms with Crippen LogP contribution < -0.4 is 4.90 Å². The van der Waals surface area contributed by atoms with Crippen molar-refractivity contribution in [2.24, 2.45) is 5.92 Å². The normalized spacial score (nSPS) is 18.3. The summed E-state index contributed by atoms with van der Waals surface area (Å²) in [5.74, 6) is 0.585. The molecule has 1 aromatic heterocycles. The second-order valence-electron chi connectivity index (χ2n) is 5.41. The third-order valence-corrected chi connectivity index (χ3v) is 3.75. The van der Waals surface area contributed by atoms with Gasteiger partial charge in [0.2, 0.25) is 11.8 Å². The van der Waals surface area contributed by atoms with E-state index in [0.29, 0.717) is 18.9 Å². The number of carbonyl (C=O) groups is 1. The van der Waals surface area contributed by atoms with E-state index in [0.717, 1.165) is 11.1 Å². The van der Waals surface area contributed by atoms with Crippen LogP contribution in [0, 0.1) is 19.8 Å². The number of benzene rings is 1. The Balaban J connectivity index is 1.90. The first-order valence-corrected chi connectivity index (χ1v) is 6.92. The number of anilines is 1. The quantitative estimate of drug-likeness (QED) is 0.813. The molecule has 0 aliphatic carbocycles. The van der Waals surface area contributed by atoms with Crippen LogP contribution in [0.15, 0.2) is 35.3 Å². The minimum atomic E-state index is -0.00396. The minimum absolute atomic E-state index is 0.00396. The second kappa shape index (κ2) is 5.16. The Labute approximate surface area is 123 Å². The highest BCUT2D eigenvalue weighted by molar-refractivity contribution is 5.94. The zero-order chi connectivity index (χ0) is 15.0. The molecule has 1 fully saturated rings. The van der Waals surface area contributed by atoms with Crippen molar-refractivity contribution >= 4 is 11.9 Å². The second-order valence-corrected chi connectivity index (χ2v) is 5.41. The molecule has 3 rings (SSSR count). The molecule has 1 aromatic carbocycles. The maximum absolute atomic E-state index is 12.0. The standard InChI is InChI=1S/C16H17N3O2/c1-4-12-8-14(20)19(9-12)16-18-17-15(21-16)13-6-5-10(2)7-11(13)3/h4-7,12H,1,8-9H2,2-3H3. The molecule has 1 atom stereocenters. The van der Waals surface area contributed by atoms with Crippen LogP contribution in [0.5, 0.6) is 0 Å². The van der Waals surface area contributed by atoms with Gasteiger partial charge in [0.25, 0.3) is 0 Å². The molecule has 5 nitrogen and oxygen atoms in total. The van der Waals surface area contributed by atoms with Crippen LogP contribution in [0.4, 0.5) is 6.01 Å². The first-order valence-electron chi connectivity index (χ1n) is 6.92. The number of amides is 1. The van der Waals surface area contributed by atoms with Gasteiger partial charge in [-0.1, -0.05) is 28.9 Å². The summed E-state index contributed by atoms with van der Waals surface area (Å²) in [5, 5.41) is 8.08. The molecule has 1 saturated heterocycles. The lowest BCUT2D eigenvalue weighted by atomic mass is 10.1. The maximum Gasteiger partial charge on any atom is 0.325 e. The summed E-state index contributed by atoms with van der Waals surface area (Å²) in [6.07, 6.45) is 2.24. The average Bonchev–Trinajstić information content (AvgIpc) is 3.05. The van der Waals surface area contributed by atoms with Gasteiger partial charge in [0, 0.05) is 24.4 Å². The fourth-order valence-corrected chi connectivity index (χ4v) is 2.56. The van der Waals surface area contributed by atoms with Crippen molar-refractivity contribution in [1.29, 1.82) is 0 Å². The highest BCUT2D eigenvalue weighted by atomic mass is 16.4. The third-order valence-electron chi connectivity index (χ3n) is 3.75. The van der Waals surface area contributed by atoms with Gasteiger partial charge in [-0.2, -0.15) is 0 Å². The van der Waals surface area contributed by atoms with E-state index in [2.05, 4.69) is 22.8 Å². The van der Waals surface area contributed by atoms with Crippen LogP contribution in [-0.4, -0.2) is 22.6 Å². The van der Waals surface area contributed by atoms with Crippen LogP contribution in [0.3, 0.4) is 0 Å². The van der Waals surface area contributed by atoms with Gasteiger partial charge >= 0.3 is 6.01 Å². The number of aryl methyl sites for hydroxylation is 2. The molecule has 1 aliphatic heterocycles. The van der Waals surface area contributed by atoms with E-state index in [1.807, 2.05) is 26.0 Å². The van der Waals surface area contributed by atoms with Gasteiger partial charge < -0.3 is 4.42 Å². The number of rotatable bonds is 3. The van der Waals surface area contributed by atoms with Crippen LogP contribution in [0.25, 0.3) is 11.5 Å². The molecular formula is C16H17N3O2. The van der Waals surface area contributed by atoms with Gasteiger partial charge in [0.1, 0.15) is 0 Å². The minimum Gasteiger partial charge on any atom is -0.403 e. The van der Waals surface area contributed by atoms with Crippen LogP contribution in [0.2, 0.25) is 0 Å². The molecule has 1 aliphatic rings. The van der Waals surface area contributed by atoms with Crippen LogP contribution in [0.1, 0.15) is 17.5 Å². The van der Waals surface area contributed by atoms with Crippen molar-refractivity contribution < 1.29 is 9.21 Å². The highest BCUT2D eigenvalue weighted by Gasteiger charge is 2.32. The molecule has 5 heteroatoms. The third kappa shape index (κ3) is 2.46. The average molecular weight is 283 g/mol. The fourth-order valence-electron chi connectivity index (χ4n) is 2.56. The summed E-state index contributed by atoms with van der Waals surface area (Å²) in [4.78, 5) is 13.5. The zero-order valence-corrected chi connectivity index (χ0v) is 12.2. The number of carbonyl (C=O) groups excluding carboxylic acids is 1. The van der Waals surface area contributed by atoms with Gasteiger partial charge in [0.15, 0.2) is 0 Å². The predicted octanol–water partition coefficient (Wildman–Crippen LogP) is 2.89. The lowest BCUT2D eigenvalue weighted by molar-refractivity contribution is -0.117. The number of nitrogens with zero attached hydrogens (tertiary/aromatic N) is 3. The van der Waals surface area contributed by atoms with Crippen molar-refractivity contribution in [1.82, 2.24) is 10.2 Å². The summed E-state index contributed by atoms with van der Waals surface area (Å²) in [6.45, 7) is 8.32. The zero-order valence-electron chi connectivity index (χ0n) is 12.2. The lowest BCUT2D eigenvalue weighted by Crippen LogP contribution is -2.24. The highest BCUT2D eigenvalue weighted by Crippen LogP contribution is 2.29. The monoisotopic (exact) mass is 283 g/mol. The topological polar surface area (TPSA) is 59.2 Å². The van der Waals surface area contributed by atoms with Crippen molar-refractivity contribution in [3.63, 3.8) is 0 Å². The molecule has 108 valence electrons. The Morgan fingerprint density at radius 1 is 1.38 bits per heavy atom. The van der Waals surface area contributed by atoms with Crippen molar-refractivity contribution in [2.45, 2.75) is 20.3 Å². The van der Waals surface area contributed by atoms with E-state index in [-0.39, 0.29) is 17.8 Å². The first-order chi connectivity index (χ1) is 10.1. The first kappa shape index (κ1) is 13.5. The number of aromatic nitrogens is 2. The molecule has 0 bridgehead atoms. The van der Waals surface area contributed by atoms with Gasteiger partial charge in [-0.05, 0) is 25.5 Å². The van der Waals surface area contributed by atoms with E-state index >= 15 is 0 Å². The molecule has 1 amide bonds. The van der Waals surface area contributed by atoms with Gasteiger partial charge in [-0.15, -0.1) is 11.7 Å². The van der Waals surface area contributed by atoms with Crippen molar-refractivity contribution in [3.05, 3.63) is 42.0 Å². The molecule has 0 N–H and O–H groups in total. The number of hydrogen-bond acceptors (Lipinski definition) is 4. The fraction of sp³-hybridized carbons (Fsp3) is 0.312. The molecule has 0 saturated carbocycles. The molecular weight excluding hydrogens is 266 g/mol. The Bertz CT molecular complexity index is 705. The van der Waals surface area contributed by atoms with E-state index in [1.54, 1.807) is 6.08 Å². The molecule has 21 heavy (non-hydrogen) atoms. The van der Waals surface area contributed by atoms with Gasteiger partial charge in [0.05, 0.1) is 0 Å². The summed E-state index contributed by atoms with van der Waals surface area (Å²) in [6, 6.07) is 6.29. The summed E-state index contributed by atoms with van der Waals surface area (Å²) in [7, 11) is 0. The van der Waals surface area contributed by atoms with E-state index in [1.165, 1.54) is 10.5 Å². The molecule has 0 spiro atoms. The Morgan fingerprint density at radius 3 is 2.86 bits per heavy atom. The van der Waals surface area contributed by atoms with Crippen LogP contribution >= 0.6 is 0 Å². The lowest BCUT2D eigenvalue weighted by Gasteiger charge is -2.09. The molecule has 2 heterocycles.